The summed E-state index contributed by atoms with van der Waals surface area (Å²) < 4.78 is 39.0. The first-order valence-corrected chi connectivity index (χ1v) is 11.1. The van der Waals surface area contributed by atoms with Crippen molar-refractivity contribution in [2.24, 2.45) is 0 Å². The number of nitrogens with zero attached hydrogens (tertiary/aromatic N) is 2. The summed E-state index contributed by atoms with van der Waals surface area (Å²) >= 11 is 0. The van der Waals surface area contributed by atoms with Crippen LogP contribution in [0.1, 0.15) is 27.0 Å². The third-order valence-corrected chi connectivity index (χ3v) is 5.38. The molecule has 1 N–H and O–H groups in total. The van der Waals surface area contributed by atoms with Crippen LogP contribution in [0.5, 0.6) is 11.6 Å². The molecule has 0 atom stereocenters. The molecular weight excluding hydrogens is 452 g/mol. The number of ether oxygens (including phenoxy) is 2. The van der Waals surface area contributed by atoms with E-state index in [9.17, 15) is 13.6 Å². The van der Waals surface area contributed by atoms with Crippen molar-refractivity contribution in [1.29, 1.82) is 0 Å². The molecule has 4 rings (SSSR count). The first-order valence-electron chi connectivity index (χ1n) is 11.1. The molecule has 0 saturated carbocycles. The first kappa shape index (κ1) is 23.9. The predicted octanol–water partition coefficient (Wildman–Crippen LogP) is 4.77. The van der Waals surface area contributed by atoms with Crippen LogP contribution in [0.15, 0.2) is 79.0 Å². The predicted molar refractivity (Wildman–Crippen MR) is 127 cm³/mol. The maximum atomic E-state index is 13.2. The third kappa shape index (κ3) is 6.66. The minimum absolute atomic E-state index is 0.125. The number of aromatic nitrogens is 2. The molecule has 4 aromatic rings. The largest absolute Gasteiger partial charge is 0.497 e. The Labute approximate surface area is 202 Å². The Balaban J connectivity index is 1.45. The maximum Gasteiger partial charge on any atom is 0.258 e. The summed E-state index contributed by atoms with van der Waals surface area (Å²) in [6, 6.07) is 19.6. The van der Waals surface area contributed by atoms with Gasteiger partial charge in [-0.1, -0.05) is 36.4 Å². The van der Waals surface area contributed by atoms with Gasteiger partial charge in [-0.2, -0.15) is 0 Å². The van der Waals surface area contributed by atoms with Crippen molar-refractivity contribution < 1.29 is 23.0 Å². The van der Waals surface area contributed by atoms with Crippen LogP contribution in [0.4, 0.5) is 8.78 Å². The molecule has 35 heavy (non-hydrogen) atoms. The van der Waals surface area contributed by atoms with Gasteiger partial charge < -0.3 is 14.8 Å². The minimum Gasteiger partial charge on any atom is -0.497 e. The van der Waals surface area contributed by atoms with E-state index >= 15 is 0 Å². The Morgan fingerprint density at radius 2 is 1.49 bits per heavy atom. The Morgan fingerprint density at radius 1 is 0.886 bits per heavy atom. The molecule has 0 radical (unpaired) electrons. The Morgan fingerprint density at radius 3 is 2.11 bits per heavy atom. The summed E-state index contributed by atoms with van der Waals surface area (Å²) in [7, 11) is 1.61. The molecule has 0 aliphatic heterocycles. The number of carbonyl (C=O) groups is 1. The second kappa shape index (κ2) is 11.3. The zero-order valence-corrected chi connectivity index (χ0v) is 19.2. The van der Waals surface area contributed by atoms with E-state index in [2.05, 4.69) is 10.4 Å². The van der Waals surface area contributed by atoms with Crippen molar-refractivity contribution >= 4 is 5.91 Å². The van der Waals surface area contributed by atoms with Gasteiger partial charge >= 0.3 is 0 Å². The van der Waals surface area contributed by atoms with Gasteiger partial charge in [0, 0.05) is 12.7 Å². The van der Waals surface area contributed by atoms with Crippen LogP contribution >= 0.6 is 0 Å². The molecule has 180 valence electrons. The summed E-state index contributed by atoms with van der Waals surface area (Å²) in [6.07, 6.45) is 2.25. The van der Waals surface area contributed by atoms with Crippen LogP contribution in [-0.2, 0) is 19.6 Å². The van der Waals surface area contributed by atoms with Gasteiger partial charge in [0.05, 0.1) is 13.7 Å². The van der Waals surface area contributed by atoms with Crippen molar-refractivity contribution in [3.63, 3.8) is 0 Å². The van der Waals surface area contributed by atoms with E-state index in [1.807, 2.05) is 24.3 Å². The molecule has 1 heterocycles. The fraction of sp³-hybridized carbons (Fsp3) is 0.185. The number of amides is 1. The molecule has 0 bridgehead atoms. The first-order chi connectivity index (χ1) is 17.0. The summed E-state index contributed by atoms with van der Waals surface area (Å²) in [5.41, 5.74) is 2.91. The van der Waals surface area contributed by atoms with Crippen LogP contribution in [0.2, 0.25) is 0 Å². The molecule has 0 spiro atoms. The number of nitrogens with one attached hydrogen (secondary N) is 1. The standard InChI is InChI=1S/C27H25F2N3O3/c1-34-24-12-6-19(7-13-24)14-15-30-26(33)25-17-32(16-20-2-8-22(28)9-3-20)31-27(25)35-18-21-4-10-23(29)11-5-21/h2-13,17H,14-16,18H2,1H3,(H,30,33). The van der Waals surface area contributed by atoms with Gasteiger partial charge in [-0.15, -0.1) is 5.10 Å². The van der Waals surface area contributed by atoms with Crippen LogP contribution < -0.4 is 14.8 Å². The van der Waals surface area contributed by atoms with Gasteiger partial charge in [0.15, 0.2) is 0 Å². The van der Waals surface area contributed by atoms with Crippen molar-refractivity contribution in [2.75, 3.05) is 13.7 Å². The molecule has 0 aliphatic rings. The lowest BCUT2D eigenvalue weighted by Gasteiger charge is -2.08. The van der Waals surface area contributed by atoms with E-state index in [-0.39, 0.29) is 35.6 Å². The molecule has 0 aliphatic carbocycles. The monoisotopic (exact) mass is 477 g/mol. The molecule has 1 amide bonds. The van der Waals surface area contributed by atoms with Crippen LogP contribution in [0.3, 0.4) is 0 Å². The average Bonchev–Trinajstić information content (AvgIpc) is 3.28. The van der Waals surface area contributed by atoms with Crippen molar-refractivity contribution in [1.82, 2.24) is 15.1 Å². The average molecular weight is 478 g/mol. The van der Waals surface area contributed by atoms with Gasteiger partial charge in [0.25, 0.3) is 5.91 Å². The molecule has 6 nitrogen and oxygen atoms in total. The smallest absolute Gasteiger partial charge is 0.258 e. The Kier molecular flexibility index (Phi) is 7.72. The van der Waals surface area contributed by atoms with Crippen LogP contribution in [0, 0.1) is 11.6 Å². The highest BCUT2D eigenvalue weighted by Gasteiger charge is 2.18. The maximum absolute atomic E-state index is 13.2. The van der Waals surface area contributed by atoms with Crippen molar-refractivity contribution in [3.05, 3.63) is 113 Å². The van der Waals surface area contributed by atoms with E-state index in [0.717, 1.165) is 22.4 Å². The lowest BCUT2D eigenvalue weighted by atomic mass is 10.1. The Hall–Kier alpha value is -4.20. The lowest BCUT2D eigenvalue weighted by Crippen LogP contribution is -2.25. The number of rotatable bonds is 10. The number of carbonyl (C=O) groups excluding carboxylic acids is 1. The van der Waals surface area contributed by atoms with Gasteiger partial charge in [0.1, 0.15) is 29.6 Å². The van der Waals surface area contributed by atoms with Gasteiger partial charge in [-0.05, 0) is 59.5 Å². The highest BCUT2D eigenvalue weighted by Crippen LogP contribution is 2.19. The van der Waals surface area contributed by atoms with Gasteiger partial charge in [0.2, 0.25) is 5.88 Å². The molecular formula is C27H25F2N3O3. The van der Waals surface area contributed by atoms with Gasteiger partial charge in [-0.25, -0.2) is 8.78 Å². The molecule has 8 heteroatoms. The second-order valence-electron chi connectivity index (χ2n) is 7.94. The summed E-state index contributed by atoms with van der Waals surface area (Å²) in [5.74, 6) is -0.0469. The highest BCUT2D eigenvalue weighted by molar-refractivity contribution is 5.96. The van der Waals surface area contributed by atoms with E-state index in [4.69, 9.17) is 9.47 Å². The number of hydrogen-bond acceptors (Lipinski definition) is 4. The number of benzene rings is 3. The van der Waals surface area contributed by atoms with Crippen LogP contribution in [-0.4, -0.2) is 29.3 Å². The van der Waals surface area contributed by atoms with Crippen LogP contribution in [0.25, 0.3) is 0 Å². The summed E-state index contributed by atoms with van der Waals surface area (Å²) in [5, 5.41) is 7.32. The van der Waals surface area contributed by atoms with Crippen molar-refractivity contribution in [2.45, 2.75) is 19.6 Å². The normalized spacial score (nSPS) is 10.7. The van der Waals surface area contributed by atoms with E-state index in [1.165, 1.54) is 24.3 Å². The zero-order valence-electron chi connectivity index (χ0n) is 19.2. The van der Waals surface area contributed by atoms with E-state index in [0.29, 0.717) is 19.5 Å². The third-order valence-electron chi connectivity index (χ3n) is 5.38. The highest BCUT2D eigenvalue weighted by atomic mass is 19.1. The molecule has 3 aromatic carbocycles. The zero-order chi connectivity index (χ0) is 24.6. The molecule has 0 saturated heterocycles. The lowest BCUT2D eigenvalue weighted by molar-refractivity contribution is 0.0949. The number of hydrogen-bond donors (Lipinski definition) is 1. The molecule has 0 unspecified atom stereocenters. The fourth-order valence-electron chi connectivity index (χ4n) is 3.46. The quantitative estimate of drug-likeness (QED) is 0.357. The second-order valence-corrected chi connectivity index (χ2v) is 7.94. The topological polar surface area (TPSA) is 65.4 Å². The summed E-state index contributed by atoms with van der Waals surface area (Å²) in [6.45, 7) is 0.887. The minimum atomic E-state index is -0.339. The molecule has 1 aromatic heterocycles. The van der Waals surface area contributed by atoms with E-state index in [1.54, 1.807) is 42.3 Å². The number of halogens is 2. The van der Waals surface area contributed by atoms with Crippen molar-refractivity contribution in [3.8, 4) is 11.6 Å². The molecule has 0 fully saturated rings. The number of methoxy groups -OCH3 is 1. The Bertz CT molecular complexity index is 1250. The van der Waals surface area contributed by atoms with E-state index < -0.39 is 0 Å². The SMILES string of the molecule is COc1ccc(CCNC(=O)c2cn(Cc3ccc(F)cc3)nc2OCc2ccc(F)cc2)cc1. The van der Waals surface area contributed by atoms with Gasteiger partial charge in [-0.3, -0.25) is 9.48 Å². The fourth-order valence-corrected chi connectivity index (χ4v) is 3.46. The summed E-state index contributed by atoms with van der Waals surface area (Å²) in [4.78, 5) is 13.0.